The Labute approximate surface area is 115 Å². The summed E-state index contributed by atoms with van der Waals surface area (Å²) in [5, 5.41) is -0.164. The predicted molar refractivity (Wildman–Crippen MR) is 71.5 cm³/mol. The summed E-state index contributed by atoms with van der Waals surface area (Å²) in [7, 11) is -1.86. The summed E-state index contributed by atoms with van der Waals surface area (Å²) in [5.74, 6) is 0. The number of pyridine rings is 1. The van der Waals surface area contributed by atoms with E-state index in [4.69, 9.17) is 11.6 Å². The van der Waals surface area contributed by atoms with Crippen molar-refractivity contribution in [1.29, 1.82) is 0 Å². The lowest BCUT2D eigenvalue weighted by molar-refractivity contribution is 0.581. The van der Waals surface area contributed by atoms with E-state index in [1.807, 2.05) is 30.1 Å². The van der Waals surface area contributed by atoms with Crippen LogP contribution < -0.4 is 10.3 Å². The number of aromatic nitrogens is 2. The van der Waals surface area contributed by atoms with Crippen molar-refractivity contribution in [2.24, 2.45) is 7.05 Å². The molecule has 19 heavy (non-hydrogen) atoms. The van der Waals surface area contributed by atoms with Crippen LogP contribution in [-0.2, 0) is 23.6 Å². The van der Waals surface area contributed by atoms with Crippen molar-refractivity contribution in [2.75, 3.05) is 0 Å². The Morgan fingerprint density at radius 1 is 1.47 bits per heavy atom. The van der Waals surface area contributed by atoms with E-state index in [2.05, 4.69) is 9.71 Å². The van der Waals surface area contributed by atoms with Gasteiger partial charge in [-0.15, -0.1) is 0 Å². The average molecular weight is 302 g/mol. The van der Waals surface area contributed by atoms with Gasteiger partial charge in [0.25, 0.3) is 5.56 Å². The molecule has 0 bridgehead atoms. The minimum absolute atomic E-state index is 0.0759. The maximum Gasteiger partial charge on any atom is 0.266 e. The van der Waals surface area contributed by atoms with Crippen molar-refractivity contribution in [3.8, 4) is 0 Å². The van der Waals surface area contributed by atoms with Crippen LogP contribution in [0.2, 0.25) is 5.02 Å². The molecule has 102 valence electrons. The number of nitrogens with zero attached hydrogens (tertiary/aromatic N) is 1. The highest BCUT2D eigenvalue weighted by Crippen LogP contribution is 2.11. The van der Waals surface area contributed by atoms with Gasteiger partial charge in [-0.3, -0.25) is 4.79 Å². The zero-order valence-electron chi connectivity index (χ0n) is 10.1. The number of H-pyrrole nitrogens is 1. The minimum Gasteiger partial charge on any atom is -0.357 e. The molecule has 2 aromatic rings. The Morgan fingerprint density at radius 3 is 2.79 bits per heavy atom. The van der Waals surface area contributed by atoms with Crippen LogP contribution in [0.15, 0.2) is 40.4 Å². The molecule has 2 aromatic heterocycles. The van der Waals surface area contributed by atoms with Crippen molar-refractivity contribution in [2.45, 2.75) is 11.4 Å². The van der Waals surface area contributed by atoms with Crippen molar-refractivity contribution >= 4 is 21.6 Å². The Kier molecular flexibility index (Phi) is 3.79. The quantitative estimate of drug-likeness (QED) is 0.878. The second-order valence-electron chi connectivity index (χ2n) is 4.02. The molecule has 0 aromatic carbocycles. The molecular formula is C11H12ClN3O3S. The fraction of sp³-hybridized carbons (Fsp3) is 0.182. The van der Waals surface area contributed by atoms with E-state index in [1.54, 1.807) is 0 Å². The molecule has 0 atom stereocenters. The summed E-state index contributed by atoms with van der Waals surface area (Å²) in [4.78, 5) is 13.3. The summed E-state index contributed by atoms with van der Waals surface area (Å²) in [5.41, 5.74) is 0.310. The number of aromatic amines is 1. The largest absolute Gasteiger partial charge is 0.357 e. The van der Waals surface area contributed by atoms with Crippen LogP contribution >= 0.6 is 11.6 Å². The Balaban J connectivity index is 2.18. The number of sulfonamides is 1. The average Bonchev–Trinajstić information content (AvgIpc) is 2.76. The highest BCUT2D eigenvalue weighted by molar-refractivity contribution is 7.89. The lowest BCUT2D eigenvalue weighted by Gasteiger charge is -2.05. The molecule has 0 radical (unpaired) electrons. The highest BCUT2D eigenvalue weighted by atomic mass is 35.5. The van der Waals surface area contributed by atoms with Crippen molar-refractivity contribution in [3.05, 3.63) is 51.7 Å². The molecule has 0 aliphatic carbocycles. The zero-order valence-corrected chi connectivity index (χ0v) is 11.6. The van der Waals surface area contributed by atoms with Gasteiger partial charge in [-0.1, -0.05) is 11.6 Å². The van der Waals surface area contributed by atoms with E-state index in [9.17, 15) is 13.2 Å². The topological polar surface area (TPSA) is 84.0 Å². The molecular weight excluding hydrogens is 290 g/mol. The monoisotopic (exact) mass is 301 g/mol. The molecule has 0 fully saturated rings. The van der Waals surface area contributed by atoms with Crippen LogP contribution in [0.3, 0.4) is 0 Å². The van der Waals surface area contributed by atoms with Crippen LogP contribution in [0, 0.1) is 0 Å². The molecule has 2 rings (SSSR count). The smallest absolute Gasteiger partial charge is 0.266 e. The molecule has 2 N–H and O–H groups in total. The van der Waals surface area contributed by atoms with Gasteiger partial charge in [0.15, 0.2) is 0 Å². The molecule has 0 aliphatic heterocycles. The number of hydrogen-bond donors (Lipinski definition) is 2. The van der Waals surface area contributed by atoms with E-state index < -0.39 is 15.6 Å². The Bertz CT molecular complexity index is 749. The Morgan fingerprint density at radius 2 is 2.21 bits per heavy atom. The van der Waals surface area contributed by atoms with Crippen molar-refractivity contribution in [1.82, 2.24) is 14.3 Å². The lowest BCUT2D eigenvalue weighted by Crippen LogP contribution is -2.24. The van der Waals surface area contributed by atoms with Gasteiger partial charge in [0, 0.05) is 32.2 Å². The standard InChI is InChI=1S/C11H12ClN3O3S/c1-15-3-2-8(7-15)5-14-19(17,18)9-4-10(12)11(16)13-6-9/h2-4,6-7,14H,5H2,1H3,(H,13,16). The van der Waals surface area contributed by atoms with Crippen LogP contribution in [0.5, 0.6) is 0 Å². The molecule has 6 nitrogen and oxygen atoms in total. The molecule has 0 amide bonds. The van der Waals surface area contributed by atoms with Gasteiger partial charge in [-0.2, -0.15) is 0 Å². The highest BCUT2D eigenvalue weighted by Gasteiger charge is 2.15. The third-order valence-corrected chi connectivity index (χ3v) is 4.16. The summed E-state index contributed by atoms with van der Waals surface area (Å²) in [6.45, 7) is 0.167. The van der Waals surface area contributed by atoms with Gasteiger partial charge in [-0.25, -0.2) is 13.1 Å². The number of hydrogen-bond acceptors (Lipinski definition) is 3. The van der Waals surface area contributed by atoms with E-state index in [-0.39, 0.29) is 16.5 Å². The van der Waals surface area contributed by atoms with Crippen LogP contribution in [0.4, 0.5) is 0 Å². The molecule has 0 saturated heterocycles. The van der Waals surface area contributed by atoms with Gasteiger partial charge >= 0.3 is 0 Å². The first kappa shape index (κ1) is 13.9. The van der Waals surface area contributed by atoms with E-state index in [0.29, 0.717) is 0 Å². The van der Waals surface area contributed by atoms with Crippen molar-refractivity contribution < 1.29 is 8.42 Å². The number of rotatable bonds is 4. The van der Waals surface area contributed by atoms with E-state index in [1.165, 1.54) is 0 Å². The van der Waals surface area contributed by atoms with Gasteiger partial charge in [0.1, 0.15) is 5.02 Å². The first-order valence-electron chi connectivity index (χ1n) is 5.37. The lowest BCUT2D eigenvalue weighted by atomic mass is 10.4. The predicted octanol–water partition coefficient (Wildman–Crippen LogP) is 0.845. The van der Waals surface area contributed by atoms with Crippen LogP contribution in [0.25, 0.3) is 0 Å². The fourth-order valence-electron chi connectivity index (χ4n) is 1.52. The van der Waals surface area contributed by atoms with Crippen molar-refractivity contribution in [3.63, 3.8) is 0 Å². The van der Waals surface area contributed by atoms with Gasteiger partial charge in [0.05, 0.1) is 4.90 Å². The molecule has 0 unspecified atom stereocenters. The summed E-state index contributed by atoms with van der Waals surface area (Å²) >= 11 is 5.60. The number of aryl methyl sites for hydroxylation is 1. The second-order valence-corrected chi connectivity index (χ2v) is 6.20. The van der Waals surface area contributed by atoms with Gasteiger partial charge in [-0.05, 0) is 17.7 Å². The van der Waals surface area contributed by atoms with Gasteiger partial charge < -0.3 is 9.55 Å². The number of halogens is 1. The summed E-state index contributed by atoms with van der Waals surface area (Å²) in [6.07, 6.45) is 4.74. The maximum atomic E-state index is 12.0. The summed E-state index contributed by atoms with van der Waals surface area (Å²) < 4.78 is 28.2. The zero-order chi connectivity index (χ0) is 14.0. The van der Waals surface area contributed by atoms with Gasteiger partial charge in [0.2, 0.25) is 10.0 Å². The Hall–Kier alpha value is -1.57. The summed E-state index contributed by atoms with van der Waals surface area (Å²) in [6, 6.07) is 2.93. The normalized spacial score (nSPS) is 11.7. The fourth-order valence-corrected chi connectivity index (χ4v) is 2.77. The minimum atomic E-state index is -3.70. The SMILES string of the molecule is Cn1ccc(CNS(=O)(=O)c2c[nH]c(=O)c(Cl)c2)c1. The third kappa shape index (κ3) is 3.25. The first-order valence-corrected chi connectivity index (χ1v) is 7.23. The molecule has 2 heterocycles. The number of nitrogens with one attached hydrogen (secondary N) is 2. The molecule has 0 aliphatic rings. The third-order valence-electron chi connectivity index (χ3n) is 2.50. The van der Waals surface area contributed by atoms with E-state index >= 15 is 0 Å². The van der Waals surface area contributed by atoms with E-state index in [0.717, 1.165) is 17.8 Å². The maximum absolute atomic E-state index is 12.0. The molecule has 0 saturated carbocycles. The molecule has 8 heteroatoms. The first-order chi connectivity index (χ1) is 8.88. The van der Waals surface area contributed by atoms with Crippen LogP contribution in [-0.4, -0.2) is 18.0 Å². The van der Waals surface area contributed by atoms with Crippen LogP contribution in [0.1, 0.15) is 5.56 Å². The molecule has 0 spiro atoms. The second kappa shape index (κ2) is 5.20.